The van der Waals surface area contributed by atoms with E-state index in [2.05, 4.69) is 0 Å². The van der Waals surface area contributed by atoms with Gasteiger partial charge in [-0.05, 0) is 64.5 Å². The van der Waals surface area contributed by atoms with Crippen LogP contribution in [0, 0.1) is 0 Å². The number of piperidine rings is 2. The Labute approximate surface area is 252 Å². The van der Waals surface area contributed by atoms with Crippen molar-refractivity contribution in [2.75, 3.05) is 36.3 Å². The van der Waals surface area contributed by atoms with Gasteiger partial charge in [-0.25, -0.2) is 20.0 Å². The minimum atomic E-state index is -0.548. The molecule has 0 saturated carbocycles. The summed E-state index contributed by atoms with van der Waals surface area (Å²) in [6.07, 6.45) is 4.69. The van der Waals surface area contributed by atoms with E-state index in [4.69, 9.17) is 19.4 Å². The first kappa shape index (κ1) is 30.3. The summed E-state index contributed by atoms with van der Waals surface area (Å²) in [5.74, 6) is -1.14. The Bertz CT molecular complexity index is 1330. The zero-order valence-corrected chi connectivity index (χ0v) is 26.0. The summed E-state index contributed by atoms with van der Waals surface area (Å²) in [6, 6.07) is 2.71. The van der Waals surface area contributed by atoms with Crippen molar-refractivity contribution in [2.24, 2.45) is 0 Å². The third-order valence-electron chi connectivity index (χ3n) is 7.41. The van der Waals surface area contributed by atoms with E-state index >= 15 is 0 Å². The van der Waals surface area contributed by atoms with Crippen molar-refractivity contribution < 1.29 is 28.7 Å². The van der Waals surface area contributed by atoms with Gasteiger partial charge in [-0.15, -0.1) is 0 Å². The molecule has 0 spiro atoms. The van der Waals surface area contributed by atoms with Crippen LogP contribution in [0.4, 0.5) is 10.3 Å². The van der Waals surface area contributed by atoms with Gasteiger partial charge in [0, 0.05) is 26.9 Å². The fraction of sp³-hybridized carbons (Fsp3) is 0.571. The maximum Gasteiger partial charge on any atom is 0.325 e. The Morgan fingerprint density at radius 1 is 0.762 bits per heavy atom. The van der Waals surface area contributed by atoms with Gasteiger partial charge >= 0.3 is 11.9 Å². The van der Waals surface area contributed by atoms with Crippen LogP contribution < -0.4 is 10.0 Å². The number of fused-ring (bicyclic) bond motifs is 2. The normalized spacial score (nSPS) is 20.0. The molecule has 0 aliphatic carbocycles. The lowest BCUT2D eigenvalue weighted by molar-refractivity contribution is -0.153. The summed E-state index contributed by atoms with van der Waals surface area (Å²) in [5, 5.41) is 7.52. The number of hydrazine groups is 2. The standard InChI is InChI=1S/C28H36N6O6S2/c1-5-39-25(37)21-11-7-9-13-31(21)33(17(3)35)27-29-19-15-20-24(16-23(19)41-27)42-28(30-20)34(18(4)36)32-14-10-8-12-22(32)26(38)40-6-2/h15-16,21-22H,5-14H2,1-4H3. The van der Waals surface area contributed by atoms with Gasteiger partial charge < -0.3 is 9.47 Å². The van der Waals surface area contributed by atoms with Crippen molar-refractivity contribution >= 4 is 77.1 Å². The van der Waals surface area contributed by atoms with Crippen LogP contribution in [0.2, 0.25) is 0 Å². The van der Waals surface area contributed by atoms with Crippen LogP contribution in [-0.4, -0.2) is 82.1 Å². The van der Waals surface area contributed by atoms with Gasteiger partial charge in [-0.1, -0.05) is 22.7 Å². The second-order valence-corrected chi connectivity index (χ2v) is 12.3. The third kappa shape index (κ3) is 5.98. The number of ether oxygens (including phenoxy) is 2. The van der Waals surface area contributed by atoms with Gasteiger partial charge in [0.25, 0.3) is 0 Å². The van der Waals surface area contributed by atoms with E-state index in [1.165, 1.54) is 46.5 Å². The van der Waals surface area contributed by atoms with Gasteiger partial charge in [0.2, 0.25) is 22.1 Å². The Hall–Kier alpha value is -3.20. The van der Waals surface area contributed by atoms with Gasteiger partial charge in [-0.3, -0.25) is 19.2 Å². The first-order valence-electron chi connectivity index (χ1n) is 14.4. The number of nitrogens with zero attached hydrogens (tertiary/aromatic N) is 6. The molecule has 5 rings (SSSR count). The van der Waals surface area contributed by atoms with Crippen LogP contribution in [0.5, 0.6) is 0 Å². The minimum Gasteiger partial charge on any atom is -0.465 e. The summed E-state index contributed by atoms with van der Waals surface area (Å²) in [7, 11) is 0. The number of thiazole rings is 2. The van der Waals surface area contributed by atoms with Crippen molar-refractivity contribution in [2.45, 2.75) is 78.3 Å². The molecule has 2 unspecified atom stereocenters. The topological polar surface area (TPSA) is 125 Å². The number of carbonyl (C=O) groups is 4. The van der Waals surface area contributed by atoms with Crippen molar-refractivity contribution in [1.82, 2.24) is 20.0 Å². The quantitative estimate of drug-likeness (QED) is 0.339. The lowest BCUT2D eigenvalue weighted by atomic mass is 10.0. The predicted molar refractivity (Wildman–Crippen MR) is 161 cm³/mol. The van der Waals surface area contributed by atoms with Crippen LogP contribution in [0.25, 0.3) is 20.4 Å². The summed E-state index contributed by atoms with van der Waals surface area (Å²) in [4.78, 5) is 60.8. The molecule has 42 heavy (non-hydrogen) atoms. The number of aromatic nitrogens is 2. The van der Waals surface area contributed by atoms with E-state index < -0.39 is 12.1 Å². The monoisotopic (exact) mass is 616 g/mol. The zero-order chi connectivity index (χ0) is 30.0. The SMILES string of the molecule is CCOC(=O)C1CCCCN1N(C(C)=O)c1nc2cc3nc(N(C(C)=O)N4CCCCC4C(=O)OCC)sc3cc2s1. The number of rotatable bonds is 8. The molecule has 2 aromatic heterocycles. The van der Waals surface area contributed by atoms with E-state index in [9.17, 15) is 19.2 Å². The van der Waals surface area contributed by atoms with Crippen LogP contribution in [0.1, 0.15) is 66.2 Å². The van der Waals surface area contributed by atoms with Gasteiger partial charge in [0.05, 0.1) is 33.6 Å². The average molecular weight is 617 g/mol. The molecule has 0 N–H and O–H groups in total. The molecule has 4 heterocycles. The first-order chi connectivity index (χ1) is 20.2. The van der Waals surface area contributed by atoms with E-state index in [-0.39, 0.29) is 37.0 Å². The molecule has 3 aromatic rings. The van der Waals surface area contributed by atoms with Crippen LogP contribution in [0.3, 0.4) is 0 Å². The summed E-state index contributed by atoms with van der Waals surface area (Å²) in [6.45, 7) is 8.12. The molecule has 2 atom stereocenters. The molecule has 2 fully saturated rings. The summed E-state index contributed by atoms with van der Waals surface area (Å²) >= 11 is 2.72. The first-order valence-corrected chi connectivity index (χ1v) is 16.1. The molecule has 226 valence electrons. The largest absolute Gasteiger partial charge is 0.465 e. The zero-order valence-electron chi connectivity index (χ0n) is 24.3. The molecule has 0 radical (unpaired) electrons. The number of carbonyl (C=O) groups excluding carboxylic acids is 4. The molecule has 2 aliphatic rings. The van der Waals surface area contributed by atoms with Gasteiger partial charge in [-0.2, -0.15) is 10.0 Å². The molecule has 2 aliphatic heterocycles. The van der Waals surface area contributed by atoms with Crippen LogP contribution in [-0.2, 0) is 28.7 Å². The van der Waals surface area contributed by atoms with Crippen molar-refractivity contribution in [3.63, 3.8) is 0 Å². The number of benzene rings is 1. The maximum absolute atomic E-state index is 12.9. The molecule has 0 bridgehead atoms. The minimum absolute atomic E-state index is 0.234. The van der Waals surface area contributed by atoms with E-state index in [1.807, 2.05) is 12.1 Å². The Morgan fingerprint density at radius 3 is 1.57 bits per heavy atom. The Morgan fingerprint density at radius 2 is 1.19 bits per heavy atom. The highest BCUT2D eigenvalue weighted by Gasteiger charge is 2.38. The van der Waals surface area contributed by atoms with E-state index in [0.717, 1.165) is 35.1 Å². The second kappa shape index (κ2) is 13.0. The number of amides is 2. The molecule has 2 amide bonds. The Kier molecular flexibility index (Phi) is 9.35. The van der Waals surface area contributed by atoms with Crippen molar-refractivity contribution in [3.05, 3.63) is 12.1 Å². The summed E-state index contributed by atoms with van der Waals surface area (Å²) < 4.78 is 12.3. The van der Waals surface area contributed by atoms with Crippen molar-refractivity contribution in [1.29, 1.82) is 0 Å². The lowest BCUT2D eigenvalue weighted by Crippen LogP contribution is -2.56. The number of esters is 2. The molecule has 2 saturated heterocycles. The van der Waals surface area contributed by atoms with Crippen LogP contribution >= 0.6 is 22.7 Å². The van der Waals surface area contributed by atoms with Crippen molar-refractivity contribution in [3.8, 4) is 0 Å². The number of anilines is 2. The maximum atomic E-state index is 12.9. The molecule has 1 aromatic carbocycles. The Balaban J connectivity index is 1.48. The fourth-order valence-corrected chi connectivity index (χ4v) is 7.79. The molecular weight excluding hydrogens is 580 g/mol. The predicted octanol–water partition coefficient (Wildman–Crippen LogP) is 4.28. The smallest absolute Gasteiger partial charge is 0.325 e. The number of hydrogen-bond acceptors (Lipinski definition) is 12. The van der Waals surface area contributed by atoms with E-state index in [0.29, 0.717) is 47.2 Å². The number of hydrogen-bond donors (Lipinski definition) is 0. The molecule has 14 heteroatoms. The highest BCUT2D eigenvalue weighted by molar-refractivity contribution is 7.24. The second-order valence-electron chi connectivity index (χ2n) is 10.3. The summed E-state index contributed by atoms with van der Waals surface area (Å²) in [5.41, 5.74) is 1.32. The highest BCUT2D eigenvalue weighted by Crippen LogP contribution is 2.38. The third-order valence-corrected chi connectivity index (χ3v) is 9.40. The molecule has 12 nitrogen and oxygen atoms in total. The van der Waals surface area contributed by atoms with Crippen LogP contribution in [0.15, 0.2) is 12.1 Å². The lowest BCUT2D eigenvalue weighted by Gasteiger charge is -2.39. The highest BCUT2D eigenvalue weighted by atomic mass is 32.1. The fourth-order valence-electron chi connectivity index (χ4n) is 5.62. The van der Waals surface area contributed by atoms with Gasteiger partial charge in [0.1, 0.15) is 12.1 Å². The van der Waals surface area contributed by atoms with Gasteiger partial charge in [0.15, 0.2) is 0 Å². The molecular formula is C28H36N6O6S2. The average Bonchev–Trinajstić information content (AvgIpc) is 3.55. The van der Waals surface area contributed by atoms with E-state index in [1.54, 1.807) is 23.9 Å².